The first-order chi connectivity index (χ1) is 10.3. The van der Waals surface area contributed by atoms with Gasteiger partial charge in [0.05, 0.1) is 17.2 Å². The number of rotatable bonds is 3. The fourth-order valence-electron chi connectivity index (χ4n) is 1.71. The van der Waals surface area contributed by atoms with Crippen molar-refractivity contribution >= 4 is 17.6 Å². The summed E-state index contributed by atoms with van der Waals surface area (Å²) in [6.45, 7) is 1.59. The second-order valence-corrected chi connectivity index (χ2v) is 4.47. The molecule has 118 valence electrons. The van der Waals surface area contributed by atoms with E-state index >= 15 is 0 Å². The number of carbonyl (C=O) groups is 1. The summed E-state index contributed by atoms with van der Waals surface area (Å²) in [6, 6.07) is 1.43. The molecule has 0 amide bonds. The molecule has 1 aromatic carbocycles. The lowest BCUT2D eigenvalue weighted by atomic mass is 10.1. The highest BCUT2D eigenvalue weighted by Gasteiger charge is 2.36. The summed E-state index contributed by atoms with van der Waals surface area (Å²) in [5.41, 5.74) is -2.31. The minimum absolute atomic E-state index is 0.0448. The van der Waals surface area contributed by atoms with Crippen molar-refractivity contribution in [3.63, 3.8) is 0 Å². The average Bonchev–Trinajstić information content (AvgIpc) is 2.90. The molecule has 0 fully saturated rings. The predicted molar refractivity (Wildman–Crippen MR) is 67.7 cm³/mol. The molecule has 0 radical (unpaired) electrons. The van der Waals surface area contributed by atoms with Crippen LogP contribution in [-0.2, 0) is 10.9 Å². The van der Waals surface area contributed by atoms with Gasteiger partial charge in [0.1, 0.15) is 5.69 Å². The number of benzene rings is 1. The van der Waals surface area contributed by atoms with Gasteiger partial charge in [-0.1, -0.05) is 11.6 Å². The Balaban J connectivity index is 2.58. The van der Waals surface area contributed by atoms with E-state index in [0.29, 0.717) is 6.07 Å². The van der Waals surface area contributed by atoms with Gasteiger partial charge in [0.2, 0.25) is 0 Å². The summed E-state index contributed by atoms with van der Waals surface area (Å²) in [5.74, 6) is -2.47. The van der Waals surface area contributed by atoms with Gasteiger partial charge in [-0.25, -0.2) is 9.18 Å². The predicted octanol–water partition coefficient (Wildman–Crippen LogP) is 3.46. The van der Waals surface area contributed by atoms with E-state index in [1.54, 1.807) is 6.92 Å². The number of hydrogen-bond donors (Lipinski definition) is 1. The normalized spacial score (nSPS) is 11.5. The number of halogens is 5. The zero-order valence-electron chi connectivity index (χ0n) is 11.0. The van der Waals surface area contributed by atoms with E-state index < -0.39 is 28.5 Å². The number of aromatic amines is 1. The van der Waals surface area contributed by atoms with Crippen LogP contribution in [0.5, 0.6) is 0 Å². The third kappa shape index (κ3) is 3.03. The molecule has 0 bridgehead atoms. The highest BCUT2D eigenvalue weighted by atomic mass is 35.5. The van der Waals surface area contributed by atoms with Crippen molar-refractivity contribution in [1.29, 1.82) is 0 Å². The minimum atomic E-state index is -4.95. The number of hydrogen-bond acceptors (Lipinski definition) is 4. The summed E-state index contributed by atoms with van der Waals surface area (Å²) >= 11 is 5.49. The number of alkyl halides is 3. The molecule has 0 aliphatic rings. The van der Waals surface area contributed by atoms with Crippen LogP contribution in [0.3, 0.4) is 0 Å². The number of esters is 1. The lowest BCUT2D eigenvalue weighted by Gasteiger charge is -2.11. The summed E-state index contributed by atoms with van der Waals surface area (Å²) < 4.78 is 56.6. The van der Waals surface area contributed by atoms with Gasteiger partial charge in [-0.15, -0.1) is 5.10 Å². The van der Waals surface area contributed by atoms with Crippen LogP contribution in [0.4, 0.5) is 17.6 Å². The Morgan fingerprint density at radius 3 is 2.64 bits per heavy atom. The third-order valence-corrected chi connectivity index (χ3v) is 2.90. The maximum absolute atomic E-state index is 13.5. The molecule has 0 saturated carbocycles. The molecule has 1 heterocycles. The zero-order valence-corrected chi connectivity index (χ0v) is 11.7. The first-order valence-corrected chi connectivity index (χ1v) is 6.28. The zero-order chi connectivity index (χ0) is 16.5. The molecule has 22 heavy (non-hydrogen) atoms. The van der Waals surface area contributed by atoms with E-state index in [9.17, 15) is 22.4 Å². The van der Waals surface area contributed by atoms with Crippen LogP contribution in [0.2, 0.25) is 5.02 Å². The molecule has 10 heteroatoms. The van der Waals surface area contributed by atoms with Gasteiger partial charge in [-0.05, 0) is 19.1 Å². The Morgan fingerprint density at radius 1 is 1.36 bits per heavy atom. The van der Waals surface area contributed by atoms with Crippen molar-refractivity contribution in [2.75, 3.05) is 6.61 Å². The standard InChI is InChI=1S/C12H8ClF4N3O2/c1-2-22-11(21)10-9(18-20-19-10)5-3-6(12(15,16)17)8(14)7(13)4-5/h3-4H,2H2,1H3,(H,18,19,20). The molecule has 1 aromatic heterocycles. The van der Waals surface area contributed by atoms with Crippen LogP contribution in [0.15, 0.2) is 12.1 Å². The third-order valence-electron chi connectivity index (χ3n) is 2.62. The largest absolute Gasteiger partial charge is 0.461 e. The molecule has 2 rings (SSSR count). The maximum atomic E-state index is 13.5. The van der Waals surface area contributed by atoms with Gasteiger partial charge in [0.25, 0.3) is 0 Å². The van der Waals surface area contributed by atoms with Gasteiger partial charge in [0.15, 0.2) is 11.5 Å². The number of nitrogens with one attached hydrogen (secondary N) is 1. The Morgan fingerprint density at radius 2 is 2.05 bits per heavy atom. The topological polar surface area (TPSA) is 67.9 Å². The van der Waals surface area contributed by atoms with Gasteiger partial charge >= 0.3 is 12.1 Å². The van der Waals surface area contributed by atoms with Crippen molar-refractivity contribution in [2.24, 2.45) is 0 Å². The Labute approximate surface area is 126 Å². The quantitative estimate of drug-likeness (QED) is 0.688. The molecule has 0 aliphatic heterocycles. The van der Waals surface area contributed by atoms with Crippen molar-refractivity contribution in [3.05, 3.63) is 34.2 Å². The van der Waals surface area contributed by atoms with Crippen LogP contribution in [0.1, 0.15) is 23.0 Å². The van der Waals surface area contributed by atoms with E-state index in [1.807, 2.05) is 0 Å². The number of nitrogens with zero attached hydrogens (tertiary/aromatic N) is 2. The molecular weight excluding hydrogens is 330 g/mol. The molecule has 0 saturated heterocycles. The van der Waals surface area contributed by atoms with Crippen molar-refractivity contribution in [2.45, 2.75) is 13.1 Å². The summed E-state index contributed by atoms with van der Waals surface area (Å²) in [4.78, 5) is 11.7. The second kappa shape index (κ2) is 5.91. The molecular formula is C12H8ClF4N3O2. The maximum Gasteiger partial charge on any atom is 0.419 e. The van der Waals surface area contributed by atoms with Gasteiger partial charge in [0, 0.05) is 5.56 Å². The smallest absolute Gasteiger partial charge is 0.419 e. The number of H-pyrrole nitrogens is 1. The number of carbonyl (C=O) groups excluding carboxylic acids is 1. The van der Waals surface area contributed by atoms with E-state index in [1.165, 1.54) is 0 Å². The van der Waals surface area contributed by atoms with E-state index in [0.717, 1.165) is 6.07 Å². The van der Waals surface area contributed by atoms with E-state index in [4.69, 9.17) is 16.3 Å². The Kier molecular flexibility index (Phi) is 4.36. The second-order valence-electron chi connectivity index (χ2n) is 4.06. The highest BCUT2D eigenvalue weighted by molar-refractivity contribution is 6.31. The monoisotopic (exact) mass is 337 g/mol. The number of ether oxygens (including phenoxy) is 1. The van der Waals surface area contributed by atoms with Gasteiger partial charge in [-0.2, -0.15) is 23.5 Å². The lowest BCUT2D eigenvalue weighted by molar-refractivity contribution is -0.139. The molecule has 0 atom stereocenters. The molecule has 0 unspecified atom stereocenters. The summed E-state index contributed by atoms with van der Waals surface area (Å²) in [6.07, 6.45) is -4.95. The van der Waals surface area contributed by atoms with Crippen molar-refractivity contribution < 1.29 is 27.1 Å². The Hall–Kier alpha value is -2.16. The van der Waals surface area contributed by atoms with Crippen molar-refractivity contribution in [1.82, 2.24) is 15.4 Å². The molecule has 5 nitrogen and oxygen atoms in total. The highest BCUT2D eigenvalue weighted by Crippen LogP contribution is 2.37. The van der Waals surface area contributed by atoms with E-state index in [2.05, 4.69) is 15.4 Å². The molecule has 0 spiro atoms. The summed E-state index contributed by atoms with van der Waals surface area (Å²) in [5, 5.41) is 8.49. The molecule has 0 aliphatic carbocycles. The average molecular weight is 338 g/mol. The first kappa shape index (κ1) is 16.2. The molecule has 1 N–H and O–H groups in total. The first-order valence-electron chi connectivity index (χ1n) is 5.90. The minimum Gasteiger partial charge on any atom is -0.461 e. The fraction of sp³-hybridized carbons (Fsp3) is 0.250. The molecule has 2 aromatic rings. The van der Waals surface area contributed by atoms with Gasteiger partial charge in [-0.3, -0.25) is 0 Å². The lowest BCUT2D eigenvalue weighted by Crippen LogP contribution is -2.10. The fourth-order valence-corrected chi connectivity index (χ4v) is 1.93. The van der Waals surface area contributed by atoms with Crippen LogP contribution in [-0.4, -0.2) is 28.0 Å². The van der Waals surface area contributed by atoms with E-state index in [-0.39, 0.29) is 23.6 Å². The van der Waals surface area contributed by atoms with Gasteiger partial charge < -0.3 is 4.74 Å². The number of aromatic nitrogens is 3. The van der Waals surface area contributed by atoms with Crippen LogP contribution < -0.4 is 0 Å². The van der Waals surface area contributed by atoms with Crippen LogP contribution >= 0.6 is 11.6 Å². The SMILES string of the molecule is CCOC(=O)c1n[nH]nc1-c1cc(Cl)c(F)c(C(F)(F)F)c1. The van der Waals surface area contributed by atoms with Crippen LogP contribution in [0.25, 0.3) is 11.3 Å². The van der Waals surface area contributed by atoms with Crippen LogP contribution in [0, 0.1) is 5.82 Å². The Bertz CT molecular complexity index is 715. The van der Waals surface area contributed by atoms with Crippen molar-refractivity contribution in [3.8, 4) is 11.3 Å². The summed E-state index contributed by atoms with van der Waals surface area (Å²) in [7, 11) is 0.